The van der Waals surface area contributed by atoms with Crippen molar-refractivity contribution in [2.24, 2.45) is 5.73 Å². The average molecular weight is 328 g/mol. The Labute approximate surface area is 142 Å². The number of aromatic nitrogens is 2. The van der Waals surface area contributed by atoms with Gasteiger partial charge in [0.2, 0.25) is 5.95 Å². The van der Waals surface area contributed by atoms with Gasteiger partial charge in [-0.1, -0.05) is 30.3 Å². The second-order valence-corrected chi connectivity index (χ2v) is 6.94. The van der Waals surface area contributed by atoms with Gasteiger partial charge in [-0.15, -0.1) is 11.8 Å². The van der Waals surface area contributed by atoms with Crippen LogP contribution in [0.4, 0.5) is 5.95 Å². The molecule has 2 aromatic rings. The maximum absolute atomic E-state index is 5.63. The van der Waals surface area contributed by atoms with Crippen molar-refractivity contribution < 1.29 is 0 Å². The lowest BCUT2D eigenvalue weighted by Crippen LogP contribution is -2.23. The summed E-state index contributed by atoms with van der Waals surface area (Å²) in [7, 11) is 0. The van der Waals surface area contributed by atoms with Crippen LogP contribution in [0.15, 0.2) is 41.4 Å². The molecule has 1 saturated carbocycles. The third-order valence-corrected chi connectivity index (χ3v) is 5.25. The minimum absolute atomic E-state index is 0.495. The molecule has 0 radical (unpaired) electrons. The van der Waals surface area contributed by atoms with E-state index in [1.165, 1.54) is 18.4 Å². The zero-order valence-corrected chi connectivity index (χ0v) is 14.4. The van der Waals surface area contributed by atoms with Crippen molar-refractivity contribution >= 4 is 17.7 Å². The summed E-state index contributed by atoms with van der Waals surface area (Å²) in [5, 5.41) is 4.28. The summed E-state index contributed by atoms with van der Waals surface area (Å²) in [6, 6.07) is 12.9. The van der Waals surface area contributed by atoms with Crippen molar-refractivity contribution in [2.45, 2.75) is 36.6 Å². The number of thioether (sulfide) groups is 1. The van der Waals surface area contributed by atoms with Crippen molar-refractivity contribution in [1.82, 2.24) is 9.97 Å². The molecule has 0 spiro atoms. The zero-order chi connectivity index (χ0) is 16.1. The molecule has 3 N–H and O–H groups in total. The first-order chi connectivity index (χ1) is 11.3. The number of nitrogens with two attached hydrogens (primary N) is 1. The van der Waals surface area contributed by atoms with E-state index in [4.69, 9.17) is 10.7 Å². The molecule has 1 heterocycles. The Bertz CT molecular complexity index is 632. The molecule has 1 unspecified atom stereocenters. The SMILES string of the molecule is CCNc1nc(SCCN)cc([C@H]2CCC2c2ccccc2)n1. The Morgan fingerprint density at radius 1 is 1.17 bits per heavy atom. The molecular formula is C18H24N4S. The van der Waals surface area contributed by atoms with E-state index in [1.807, 2.05) is 0 Å². The van der Waals surface area contributed by atoms with Gasteiger partial charge >= 0.3 is 0 Å². The van der Waals surface area contributed by atoms with Crippen LogP contribution in [0.25, 0.3) is 0 Å². The highest BCUT2D eigenvalue weighted by molar-refractivity contribution is 7.99. The summed E-state index contributed by atoms with van der Waals surface area (Å²) in [5.74, 6) is 2.70. The molecule has 23 heavy (non-hydrogen) atoms. The fourth-order valence-electron chi connectivity index (χ4n) is 3.06. The van der Waals surface area contributed by atoms with Crippen LogP contribution in [0.3, 0.4) is 0 Å². The van der Waals surface area contributed by atoms with Crippen LogP contribution in [0.1, 0.15) is 42.9 Å². The minimum atomic E-state index is 0.495. The number of hydrogen-bond acceptors (Lipinski definition) is 5. The van der Waals surface area contributed by atoms with Crippen LogP contribution >= 0.6 is 11.8 Å². The standard InChI is InChI=1S/C18H24N4S/c1-2-20-18-21-16(12-17(22-18)23-11-10-19)15-9-8-14(15)13-6-4-3-5-7-13/h3-7,12,14-15H,2,8-11,19H2,1H3,(H,20,21,22)/t14?,15-/m0/s1. The van der Waals surface area contributed by atoms with Gasteiger partial charge in [0.15, 0.2) is 0 Å². The molecular weight excluding hydrogens is 304 g/mol. The highest BCUT2D eigenvalue weighted by atomic mass is 32.2. The molecule has 1 aliphatic carbocycles. The van der Waals surface area contributed by atoms with Crippen LogP contribution in [-0.4, -0.2) is 28.8 Å². The number of hydrogen-bond donors (Lipinski definition) is 2. The first-order valence-corrected chi connectivity index (χ1v) is 9.31. The van der Waals surface area contributed by atoms with Gasteiger partial charge in [0.25, 0.3) is 0 Å². The number of nitrogens with zero attached hydrogens (tertiary/aromatic N) is 2. The summed E-state index contributed by atoms with van der Waals surface area (Å²) in [6.45, 7) is 3.56. The van der Waals surface area contributed by atoms with E-state index in [-0.39, 0.29) is 0 Å². The smallest absolute Gasteiger partial charge is 0.223 e. The van der Waals surface area contributed by atoms with E-state index in [2.05, 4.69) is 53.6 Å². The Hall–Kier alpha value is -1.59. The maximum atomic E-state index is 5.63. The van der Waals surface area contributed by atoms with Crippen molar-refractivity contribution in [2.75, 3.05) is 24.2 Å². The van der Waals surface area contributed by atoms with Crippen LogP contribution in [0.5, 0.6) is 0 Å². The van der Waals surface area contributed by atoms with E-state index in [1.54, 1.807) is 11.8 Å². The largest absolute Gasteiger partial charge is 0.354 e. The van der Waals surface area contributed by atoms with Gasteiger partial charge in [-0.3, -0.25) is 0 Å². The maximum Gasteiger partial charge on any atom is 0.223 e. The summed E-state index contributed by atoms with van der Waals surface area (Å²) in [4.78, 5) is 9.35. The van der Waals surface area contributed by atoms with Gasteiger partial charge in [-0.05, 0) is 37.3 Å². The Morgan fingerprint density at radius 3 is 2.61 bits per heavy atom. The van der Waals surface area contributed by atoms with Crippen molar-refractivity contribution in [3.05, 3.63) is 47.7 Å². The molecule has 4 nitrogen and oxygen atoms in total. The summed E-state index contributed by atoms with van der Waals surface area (Å²) in [6.07, 6.45) is 2.43. The lowest BCUT2D eigenvalue weighted by Gasteiger charge is -2.37. The average Bonchev–Trinajstić information content (AvgIpc) is 2.53. The Morgan fingerprint density at radius 2 is 1.96 bits per heavy atom. The second kappa shape index (κ2) is 7.79. The van der Waals surface area contributed by atoms with Crippen LogP contribution in [-0.2, 0) is 0 Å². The molecule has 1 fully saturated rings. The molecule has 1 aliphatic rings. The van der Waals surface area contributed by atoms with Gasteiger partial charge in [0, 0.05) is 24.8 Å². The number of benzene rings is 1. The highest BCUT2D eigenvalue weighted by Crippen LogP contribution is 2.48. The fraction of sp³-hybridized carbons (Fsp3) is 0.444. The zero-order valence-electron chi connectivity index (χ0n) is 13.5. The van der Waals surface area contributed by atoms with Gasteiger partial charge in [-0.2, -0.15) is 0 Å². The summed E-state index contributed by atoms with van der Waals surface area (Å²) < 4.78 is 0. The van der Waals surface area contributed by atoms with Crippen molar-refractivity contribution in [3.63, 3.8) is 0 Å². The van der Waals surface area contributed by atoms with Gasteiger partial charge < -0.3 is 11.1 Å². The molecule has 2 atom stereocenters. The van der Waals surface area contributed by atoms with E-state index < -0.39 is 0 Å². The quantitative estimate of drug-likeness (QED) is 0.600. The van der Waals surface area contributed by atoms with E-state index >= 15 is 0 Å². The van der Waals surface area contributed by atoms with Crippen LogP contribution in [0.2, 0.25) is 0 Å². The Balaban J connectivity index is 1.84. The van der Waals surface area contributed by atoms with Gasteiger partial charge in [0.05, 0.1) is 5.69 Å². The van der Waals surface area contributed by atoms with Gasteiger partial charge in [-0.25, -0.2) is 9.97 Å². The topological polar surface area (TPSA) is 63.8 Å². The lowest BCUT2D eigenvalue weighted by atomic mass is 9.68. The number of rotatable bonds is 7. The fourth-order valence-corrected chi connectivity index (χ4v) is 3.74. The van der Waals surface area contributed by atoms with E-state index in [0.29, 0.717) is 18.4 Å². The molecule has 1 aromatic carbocycles. The Kier molecular flexibility index (Phi) is 5.51. The van der Waals surface area contributed by atoms with E-state index in [9.17, 15) is 0 Å². The second-order valence-electron chi connectivity index (χ2n) is 5.82. The number of anilines is 1. The first-order valence-electron chi connectivity index (χ1n) is 8.32. The summed E-state index contributed by atoms with van der Waals surface area (Å²) in [5.41, 5.74) is 8.21. The molecule has 1 aromatic heterocycles. The molecule has 122 valence electrons. The lowest BCUT2D eigenvalue weighted by molar-refractivity contribution is 0.339. The van der Waals surface area contributed by atoms with Crippen LogP contribution < -0.4 is 11.1 Å². The van der Waals surface area contributed by atoms with Crippen molar-refractivity contribution in [3.8, 4) is 0 Å². The first kappa shape index (κ1) is 16.3. The molecule has 0 amide bonds. The van der Waals surface area contributed by atoms with Gasteiger partial charge in [0.1, 0.15) is 5.03 Å². The predicted molar refractivity (Wildman–Crippen MR) is 97.1 cm³/mol. The van der Waals surface area contributed by atoms with E-state index in [0.717, 1.165) is 29.0 Å². The third-order valence-electron chi connectivity index (χ3n) is 4.31. The minimum Gasteiger partial charge on any atom is -0.354 e. The predicted octanol–water partition coefficient (Wildman–Crippen LogP) is 3.62. The molecule has 0 bridgehead atoms. The summed E-state index contributed by atoms with van der Waals surface area (Å²) >= 11 is 1.71. The molecule has 5 heteroatoms. The van der Waals surface area contributed by atoms with Crippen molar-refractivity contribution in [1.29, 1.82) is 0 Å². The third kappa shape index (κ3) is 3.85. The molecule has 0 saturated heterocycles. The molecule has 3 rings (SSSR count). The molecule has 0 aliphatic heterocycles. The monoisotopic (exact) mass is 328 g/mol. The number of nitrogens with one attached hydrogen (secondary N) is 1. The van der Waals surface area contributed by atoms with Crippen LogP contribution in [0, 0.1) is 0 Å². The highest BCUT2D eigenvalue weighted by Gasteiger charge is 2.34. The normalized spacial score (nSPS) is 20.1.